The number of carboxylic acid groups (broad SMARTS) is 1. The highest BCUT2D eigenvalue weighted by atomic mass is 19.1. The maximum atomic E-state index is 12.8. The first-order valence-electron chi connectivity index (χ1n) is 3.88. The van der Waals surface area contributed by atoms with Crippen molar-refractivity contribution in [3.05, 3.63) is 29.3 Å². The normalized spacial score (nSPS) is 9.86. The van der Waals surface area contributed by atoms with Crippen LogP contribution in [0.4, 0.5) is 4.39 Å². The first-order chi connectivity index (χ1) is 6.49. The van der Waals surface area contributed by atoms with Crippen LogP contribution in [0.3, 0.4) is 0 Å². The highest BCUT2D eigenvalue weighted by Crippen LogP contribution is 2.06. The summed E-state index contributed by atoms with van der Waals surface area (Å²) in [6.45, 7) is 1.28. The molecule has 0 spiro atoms. The molecule has 0 aromatic carbocycles. The van der Waals surface area contributed by atoms with Crippen LogP contribution in [0.1, 0.15) is 23.0 Å². The predicted molar refractivity (Wildman–Crippen MR) is 45.5 cm³/mol. The summed E-state index contributed by atoms with van der Waals surface area (Å²) in [6.07, 6.45) is -0.391. The fraction of sp³-hybridized carbons (Fsp3) is 0.222. The van der Waals surface area contributed by atoms with Gasteiger partial charge in [0.2, 0.25) is 5.95 Å². The molecule has 0 amide bonds. The third kappa shape index (κ3) is 2.62. The van der Waals surface area contributed by atoms with Gasteiger partial charge in [-0.2, -0.15) is 4.39 Å². The van der Waals surface area contributed by atoms with Gasteiger partial charge in [-0.25, -0.2) is 4.98 Å². The van der Waals surface area contributed by atoms with Gasteiger partial charge in [-0.1, -0.05) is 0 Å². The van der Waals surface area contributed by atoms with Crippen molar-refractivity contribution >= 4 is 11.8 Å². The van der Waals surface area contributed by atoms with Gasteiger partial charge >= 0.3 is 5.97 Å². The molecule has 1 rings (SSSR count). The highest BCUT2D eigenvalue weighted by molar-refractivity contribution is 5.94. The quantitative estimate of drug-likeness (QED) is 0.581. The van der Waals surface area contributed by atoms with Crippen LogP contribution in [0.25, 0.3) is 0 Å². The Hall–Kier alpha value is -1.78. The molecule has 0 aliphatic rings. The molecule has 0 fully saturated rings. The molecule has 0 aliphatic carbocycles. The minimum Gasteiger partial charge on any atom is -0.481 e. The minimum atomic E-state index is -1.11. The van der Waals surface area contributed by atoms with Crippen LogP contribution >= 0.6 is 0 Å². The largest absolute Gasteiger partial charge is 0.481 e. The molecule has 1 aromatic heterocycles. The molecule has 0 unspecified atom stereocenters. The number of Topliss-reactive ketones (excluding diaryl/α,β-unsaturated/α-hetero) is 1. The Morgan fingerprint density at radius 2 is 2.14 bits per heavy atom. The number of rotatable bonds is 3. The maximum absolute atomic E-state index is 12.8. The molecule has 0 atom stereocenters. The average molecular weight is 197 g/mol. The Kier molecular flexibility index (Phi) is 2.91. The topological polar surface area (TPSA) is 67.3 Å². The Bertz CT molecular complexity index is 390. The summed E-state index contributed by atoms with van der Waals surface area (Å²) in [5.74, 6) is -2.27. The Labute approximate surface area is 79.4 Å². The van der Waals surface area contributed by atoms with E-state index in [9.17, 15) is 14.0 Å². The second kappa shape index (κ2) is 3.95. The van der Waals surface area contributed by atoms with Crippen LogP contribution < -0.4 is 0 Å². The van der Waals surface area contributed by atoms with E-state index in [1.165, 1.54) is 13.0 Å². The number of aromatic nitrogens is 1. The summed E-state index contributed by atoms with van der Waals surface area (Å²) in [6, 6.07) is 2.26. The number of hydrogen-bond donors (Lipinski definition) is 1. The van der Waals surface area contributed by atoms with E-state index in [0.29, 0.717) is 0 Å². The summed E-state index contributed by atoms with van der Waals surface area (Å²) in [5.41, 5.74) is 0.177. The molecule has 0 saturated carbocycles. The second-order valence-corrected chi connectivity index (χ2v) is 2.80. The van der Waals surface area contributed by atoms with Gasteiger partial charge in [-0.05, 0) is 13.0 Å². The number of ketones is 1. The second-order valence-electron chi connectivity index (χ2n) is 2.80. The van der Waals surface area contributed by atoms with Gasteiger partial charge in [0.15, 0.2) is 5.78 Å². The van der Waals surface area contributed by atoms with Crippen molar-refractivity contribution < 1.29 is 19.1 Å². The molecule has 74 valence electrons. The van der Waals surface area contributed by atoms with E-state index in [4.69, 9.17) is 5.11 Å². The fourth-order valence-electron chi connectivity index (χ4n) is 1.000. The van der Waals surface area contributed by atoms with Crippen molar-refractivity contribution in [1.29, 1.82) is 0 Å². The lowest BCUT2D eigenvalue weighted by atomic mass is 10.1. The van der Waals surface area contributed by atoms with E-state index in [1.807, 2.05) is 0 Å². The lowest BCUT2D eigenvalue weighted by molar-refractivity contribution is -0.136. The molecule has 0 bridgehead atoms. The van der Waals surface area contributed by atoms with Gasteiger partial charge in [-0.3, -0.25) is 9.59 Å². The number of carbonyl (C=O) groups excluding carboxylic acids is 1. The van der Waals surface area contributed by atoms with Crippen LogP contribution in [0.15, 0.2) is 12.1 Å². The third-order valence-electron chi connectivity index (χ3n) is 1.59. The molecule has 4 nitrogen and oxygen atoms in total. The van der Waals surface area contributed by atoms with Crippen molar-refractivity contribution in [3.8, 4) is 0 Å². The van der Waals surface area contributed by atoms with Crippen LogP contribution in [-0.2, 0) is 11.2 Å². The molecule has 0 aliphatic heterocycles. The van der Waals surface area contributed by atoms with Crippen molar-refractivity contribution in [2.75, 3.05) is 0 Å². The summed E-state index contributed by atoms with van der Waals surface area (Å²) in [4.78, 5) is 24.6. The molecular formula is C9H8FNO3. The summed E-state index contributed by atoms with van der Waals surface area (Å²) in [5, 5.41) is 8.44. The number of aliphatic carboxylic acids is 1. The number of carboxylic acids is 1. The molecule has 5 heteroatoms. The smallest absolute Gasteiger partial charge is 0.309 e. The standard InChI is InChI=1S/C9H8FNO3/c1-5(12)6-2-7(4-9(13)14)11-8(10)3-6/h2-3H,4H2,1H3,(H,13,14). The lowest BCUT2D eigenvalue weighted by Gasteiger charge is -2.00. The molecule has 0 radical (unpaired) electrons. The van der Waals surface area contributed by atoms with E-state index >= 15 is 0 Å². The summed E-state index contributed by atoms with van der Waals surface area (Å²) < 4.78 is 12.8. The van der Waals surface area contributed by atoms with Crippen molar-refractivity contribution in [2.45, 2.75) is 13.3 Å². The predicted octanol–water partition coefficient (Wildman–Crippen LogP) is 1.05. The SMILES string of the molecule is CC(=O)c1cc(F)nc(CC(=O)O)c1. The fourth-order valence-corrected chi connectivity index (χ4v) is 1.000. The number of halogens is 1. The van der Waals surface area contributed by atoms with Crippen LogP contribution in [0.5, 0.6) is 0 Å². The zero-order chi connectivity index (χ0) is 10.7. The summed E-state index contributed by atoms with van der Waals surface area (Å²) >= 11 is 0. The van der Waals surface area contributed by atoms with Gasteiger partial charge in [0.05, 0.1) is 12.1 Å². The minimum absolute atomic E-state index is 0.0442. The van der Waals surface area contributed by atoms with Crippen LogP contribution in [-0.4, -0.2) is 21.8 Å². The highest BCUT2D eigenvalue weighted by Gasteiger charge is 2.08. The first kappa shape index (κ1) is 10.3. The van der Waals surface area contributed by atoms with Crippen molar-refractivity contribution in [1.82, 2.24) is 4.98 Å². The van der Waals surface area contributed by atoms with Gasteiger partial charge < -0.3 is 5.11 Å². The zero-order valence-corrected chi connectivity index (χ0v) is 7.45. The van der Waals surface area contributed by atoms with Gasteiger partial charge in [0.25, 0.3) is 0 Å². The summed E-state index contributed by atoms with van der Waals surface area (Å²) in [7, 11) is 0. The Balaban J connectivity index is 3.07. The third-order valence-corrected chi connectivity index (χ3v) is 1.59. The molecule has 1 heterocycles. The van der Waals surface area contributed by atoms with Gasteiger partial charge in [0.1, 0.15) is 0 Å². The molecule has 1 aromatic rings. The van der Waals surface area contributed by atoms with Crippen molar-refractivity contribution in [3.63, 3.8) is 0 Å². The number of nitrogens with zero attached hydrogens (tertiary/aromatic N) is 1. The van der Waals surface area contributed by atoms with E-state index in [0.717, 1.165) is 6.07 Å². The van der Waals surface area contributed by atoms with Crippen molar-refractivity contribution in [2.24, 2.45) is 0 Å². The van der Waals surface area contributed by atoms with Gasteiger partial charge in [0, 0.05) is 11.6 Å². The number of carbonyl (C=O) groups is 2. The van der Waals surface area contributed by atoms with E-state index in [-0.39, 0.29) is 17.0 Å². The first-order valence-corrected chi connectivity index (χ1v) is 3.88. The Morgan fingerprint density at radius 3 is 2.64 bits per heavy atom. The van der Waals surface area contributed by atoms with E-state index < -0.39 is 18.3 Å². The monoisotopic (exact) mass is 197 g/mol. The maximum Gasteiger partial charge on any atom is 0.309 e. The van der Waals surface area contributed by atoms with Crippen LogP contribution in [0, 0.1) is 5.95 Å². The lowest BCUT2D eigenvalue weighted by Crippen LogP contribution is -2.06. The number of pyridine rings is 1. The van der Waals surface area contributed by atoms with E-state index in [1.54, 1.807) is 0 Å². The number of hydrogen-bond acceptors (Lipinski definition) is 3. The zero-order valence-electron chi connectivity index (χ0n) is 7.45. The van der Waals surface area contributed by atoms with Crippen LogP contribution in [0.2, 0.25) is 0 Å². The molecular weight excluding hydrogens is 189 g/mol. The average Bonchev–Trinajstić information content (AvgIpc) is 2.01. The molecule has 1 N–H and O–H groups in total. The molecule has 0 saturated heterocycles. The Morgan fingerprint density at radius 1 is 1.50 bits per heavy atom. The van der Waals surface area contributed by atoms with Gasteiger partial charge in [-0.15, -0.1) is 0 Å². The van der Waals surface area contributed by atoms with E-state index in [2.05, 4.69) is 4.98 Å². The molecule has 14 heavy (non-hydrogen) atoms.